The topological polar surface area (TPSA) is 89.5 Å². The van der Waals surface area contributed by atoms with Gasteiger partial charge in [-0.15, -0.1) is 0 Å². The number of hydrogen-bond donors (Lipinski definition) is 1. The maximum absolute atomic E-state index is 13.4. The van der Waals surface area contributed by atoms with Crippen LogP contribution in [0.3, 0.4) is 0 Å². The van der Waals surface area contributed by atoms with Gasteiger partial charge < -0.3 is 10.1 Å². The molecular formula is C17H16FNO5S. The molecule has 0 atom stereocenters. The van der Waals surface area contributed by atoms with Gasteiger partial charge in [-0.3, -0.25) is 4.79 Å². The van der Waals surface area contributed by atoms with Crippen LogP contribution in [0.25, 0.3) is 0 Å². The van der Waals surface area contributed by atoms with E-state index in [-0.39, 0.29) is 17.0 Å². The van der Waals surface area contributed by atoms with E-state index in [1.165, 1.54) is 42.5 Å². The van der Waals surface area contributed by atoms with E-state index in [0.29, 0.717) is 5.56 Å². The third-order valence-electron chi connectivity index (χ3n) is 3.27. The second-order valence-corrected chi connectivity index (χ2v) is 7.20. The molecule has 1 amide bonds. The third-order valence-corrected chi connectivity index (χ3v) is 4.43. The Morgan fingerprint density at radius 1 is 1.08 bits per heavy atom. The SMILES string of the molecule is CS(=O)(=O)c1ccccc1C(=O)OCC(=O)NCc1ccccc1F. The smallest absolute Gasteiger partial charge is 0.339 e. The molecule has 2 aromatic carbocycles. The van der Waals surface area contributed by atoms with Crippen molar-refractivity contribution >= 4 is 21.7 Å². The Balaban J connectivity index is 1.94. The maximum Gasteiger partial charge on any atom is 0.339 e. The van der Waals surface area contributed by atoms with Crippen LogP contribution in [0.5, 0.6) is 0 Å². The number of hydrogen-bond acceptors (Lipinski definition) is 5. The molecule has 0 aliphatic carbocycles. The quantitative estimate of drug-likeness (QED) is 0.787. The first-order chi connectivity index (χ1) is 11.8. The highest BCUT2D eigenvalue weighted by atomic mass is 32.2. The predicted molar refractivity (Wildman–Crippen MR) is 88.1 cm³/mol. The zero-order chi connectivity index (χ0) is 18.4. The van der Waals surface area contributed by atoms with E-state index >= 15 is 0 Å². The van der Waals surface area contributed by atoms with E-state index in [1.54, 1.807) is 6.07 Å². The van der Waals surface area contributed by atoms with Crippen molar-refractivity contribution in [3.63, 3.8) is 0 Å². The minimum Gasteiger partial charge on any atom is -0.452 e. The second kappa shape index (κ2) is 7.89. The number of carbonyl (C=O) groups excluding carboxylic acids is 2. The van der Waals surface area contributed by atoms with Crippen LogP contribution in [0.4, 0.5) is 4.39 Å². The minimum absolute atomic E-state index is 0.0526. The summed E-state index contributed by atoms with van der Waals surface area (Å²) in [4.78, 5) is 23.6. The number of halogens is 1. The molecule has 1 N–H and O–H groups in total. The van der Waals surface area contributed by atoms with E-state index in [2.05, 4.69) is 5.32 Å². The Hall–Kier alpha value is -2.74. The standard InChI is InChI=1S/C17H16FNO5S/c1-25(22,23)15-9-5-3-7-13(15)17(21)24-11-16(20)19-10-12-6-2-4-8-14(12)18/h2-9H,10-11H2,1H3,(H,19,20). The zero-order valence-electron chi connectivity index (χ0n) is 13.4. The molecule has 6 nitrogen and oxygen atoms in total. The Labute approximate surface area is 144 Å². The average Bonchev–Trinajstić information content (AvgIpc) is 2.58. The summed E-state index contributed by atoms with van der Waals surface area (Å²) in [5.74, 6) is -2.02. The summed E-state index contributed by atoms with van der Waals surface area (Å²) in [6.45, 7) is -0.658. The minimum atomic E-state index is -3.61. The molecule has 0 fully saturated rings. The zero-order valence-corrected chi connectivity index (χ0v) is 14.2. The van der Waals surface area contributed by atoms with Gasteiger partial charge in [0.15, 0.2) is 16.4 Å². The monoisotopic (exact) mass is 365 g/mol. The van der Waals surface area contributed by atoms with E-state index < -0.39 is 34.1 Å². The molecule has 0 bridgehead atoms. The molecule has 8 heteroatoms. The molecule has 0 heterocycles. The van der Waals surface area contributed by atoms with E-state index in [0.717, 1.165) is 6.26 Å². The molecule has 0 aliphatic rings. The van der Waals surface area contributed by atoms with Crippen LogP contribution in [-0.2, 0) is 25.9 Å². The van der Waals surface area contributed by atoms with E-state index in [4.69, 9.17) is 4.74 Å². The molecule has 0 saturated heterocycles. The Bertz CT molecular complexity index is 895. The molecule has 0 saturated carbocycles. The fourth-order valence-corrected chi connectivity index (χ4v) is 2.93. The number of nitrogens with one attached hydrogen (secondary N) is 1. The van der Waals surface area contributed by atoms with Crippen molar-refractivity contribution < 1.29 is 27.1 Å². The summed E-state index contributed by atoms with van der Waals surface area (Å²) in [7, 11) is -3.61. The number of esters is 1. The van der Waals surface area contributed by atoms with Gasteiger partial charge in [-0.1, -0.05) is 30.3 Å². The molecule has 0 aromatic heterocycles. The lowest BCUT2D eigenvalue weighted by Crippen LogP contribution is -2.29. The van der Waals surface area contributed by atoms with Gasteiger partial charge >= 0.3 is 5.97 Å². The first-order valence-electron chi connectivity index (χ1n) is 7.25. The molecule has 0 radical (unpaired) electrons. The maximum atomic E-state index is 13.4. The Morgan fingerprint density at radius 3 is 2.40 bits per heavy atom. The average molecular weight is 365 g/mol. The first kappa shape index (κ1) is 18.6. The molecule has 0 unspecified atom stereocenters. The van der Waals surface area contributed by atoms with Crippen LogP contribution < -0.4 is 5.32 Å². The Kier molecular flexibility index (Phi) is 5.87. The Morgan fingerprint density at radius 2 is 1.72 bits per heavy atom. The van der Waals surface area contributed by atoms with Crippen LogP contribution >= 0.6 is 0 Å². The van der Waals surface area contributed by atoms with Gasteiger partial charge in [0.25, 0.3) is 5.91 Å². The van der Waals surface area contributed by atoms with Gasteiger partial charge in [-0.25, -0.2) is 17.6 Å². The van der Waals surface area contributed by atoms with E-state index in [1.807, 2.05) is 0 Å². The molecule has 0 spiro atoms. The van der Waals surface area contributed by atoms with Crippen molar-refractivity contribution in [1.29, 1.82) is 0 Å². The predicted octanol–water partition coefficient (Wildman–Crippen LogP) is 1.70. The van der Waals surface area contributed by atoms with Crippen LogP contribution in [0.1, 0.15) is 15.9 Å². The summed E-state index contributed by atoms with van der Waals surface area (Å²) >= 11 is 0. The van der Waals surface area contributed by atoms with Crippen molar-refractivity contribution in [3.05, 3.63) is 65.5 Å². The largest absolute Gasteiger partial charge is 0.452 e. The molecule has 0 aliphatic heterocycles. The van der Waals surface area contributed by atoms with Crippen LogP contribution in [0.15, 0.2) is 53.4 Å². The molecular weight excluding hydrogens is 349 g/mol. The van der Waals surface area contributed by atoms with E-state index in [9.17, 15) is 22.4 Å². The highest BCUT2D eigenvalue weighted by Gasteiger charge is 2.20. The lowest BCUT2D eigenvalue weighted by molar-refractivity contribution is -0.124. The molecule has 2 rings (SSSR count). The van der Waals surface area contributed by atoms with Gasteiger partial charge in [0, 0.05) is 18.4 Å². The van der Waals surface area contributed by atoms with Crippen molar-refractivity contribution in [1.82, 2.24) is 5.32 Å². The number of benzene rings is 2. The summed E-state index contributed by atoms with van der Waals surface area (Å²) < 4.78 is 41.6. The van der Waals surface area contributed by atoms with Gasteiger partial charge in [-0.05, 0) is 18.2 Å². The molecule has 132 valence electrons. The second-order valence-electron chi connectivity index (χ2n) is 5.21. The normalized spacial score (nSPS) is 11.0. The fraction of sp³-hybridized carbons (Fsp3) is 0.176. The highest BCUT2D eigenvalue weighted by Crippen LogP contribution is 2.16. The number of rotatable bonds is 6. The van der Waals surface area contributed by atoms with Gasteiger partial charge in [0.2, 0.25) is 0 Å². The summed E-state index contributed by atoms with van der Waals surface area (Å²) in [5, 5.41) is 2.42. The van der Waals surface area contributed by atoms with Crippen LogP contribution in [-0.4, -0.2) is 33.2 Å². The fourth-order valence-electron chi connectivity index (χ4n) is 2.05. The van der Waals surface area contributed by atoms with Gasteiger partial charge in [0.1, 0.15) is 5.82 Å². The number of carbonyl (C=O) groups is 2. The van der Waals surface area contributed by atoms with Crippen molar-refractivity contribution in [2.45, 2.75) is 11.4 Å². The van der Waals surface area contributed by atoms with Crippen molar-refractivity contribution in [3.8, 4) is 0 Å². The lowest BCUT2D eigenvalue weighted by atomic mass is 10.2. The number of sulfone groups is 1. The third kappa shape index (κ3) is 5.12. The van der Waals surface area contributed by atoms with Crippen LogP contribution in [0, 0.1) is 5.82 Å². The number of ether oxygens (including phenoxy) is 1. The van der Waals surface area contributed by atoms with Crippen LogP contribution in [0.2, 0.25) is 0 Å². The highest BCUT2D eigenvalue weighted by molar-refractivity contribution is 7.90. The van der Waals surface area contributed by atoms with Crippen molar-refractivity contribution in [2.24, 2.45) is 0 Å². The first-order valence-corrected chi connectivity index (χ1v) is 9.14. The summed E-state index contributed by atoms with van der Waals surface area (Å²) in [6, 6.07) is 11.5. The van der Waals surface area contributed by atoms with Crippen molar-refractivity contribution in [2.75, 3.05) is 12.9 Å². The number of amides is 1. The molecule has 25 heavy (non-hydrogen) atoms. The van der Waals surface area contributed by atoms with Gasteiger partial charge in [0.05, 0.1) is 10.5 Å². The summed E-state index contributed by atoms with van der Waals surface area (Å²) in [5.41, 5.74) is 0.150. The molecule has 2 aromatic rings. The lowest BCUT2D eigenvalue weighted by Gasteiger charge is -2.09. The summed E-state index contributed by atoms with van der Waals surface area (Å²) in [6.07, 6.45) is 0.972. The van der Waals surface area contributed by atoms with Gasteiger partial charge in [-0.2, -0.15) is 0 Å².